The van der Waals surface area contributed by atoms with Gasteiger partial charge in [-0.2, -0.15) is 0 Å². The fourth-order valence-electron chi connectivity index (χ4n) is 2.41. The number of H-pyrrole nitrogens is 1. The predicted molar refractivity (Wildman–Crippen MR) is 108 cm³/mol. The van der Waals surface area contributed by atoms with E-state index in [1.54, 1.807) is 0 Å². The van der Waals surface area contributed by atoms with E-state index in [9.17, 15) is 0 Å². The van der Waals surface area contributed by atoms with Crippen molar-refractivity contribution in [1.82, 2.24) is 9.97 Å². The molecule has 0 unspecified atom stereocenters. The van der Waals surface area contributed by atoms with Crippen molar-refractivity contribution in [2.75, 3.05) is 5.32 Å². The van der Waals surface area contributed by atoms with Crippen LogP contribution in [0.1, 0.15) is 23.6 Å². The molecular formula is C21H27N3. The number of benzene rings is 2. The molecule has 0 aliphatic heterocycles. The number of hydrogen-bond donors (Lipinski definition) is 2. The number of fused-ring (bicyclic) bond motifs is 2. The zero-order valence-corrected chi connectivity index (χ0v) is 14.4. The summed E-state index contributed by atoms with van der Waals surface area (Å²) >= 11 is 0. The van der Waals surface area contributed by atoms with Gasteiger partial charge < -0.3 is 10.3 Å². The van der Waals surface area contributed by atoms with Crippen LogP contribution in [0.15, 0.2) is 66.9 Å². The minimum atomic E-state index is 0. The van der Waals surface area contributed by atoms with Gasteiger partial charge in [0.25, 0.3) is 0 Å². The molecule has 0 aliphatic rings. The number of nitrogens with zero attached hydrogens (tertiary/aromatic N) is 1. The molecule has 2 N–H and O–H groups in total. The van der Waals surface area contributed by atoms with E-state index in [0.29, 0.717) is 0 Å². The molecule has 0 spiro atoms. The Balaban J connectivity index is 0.000000516. The third kappa shape index (κ3) is 3.93. The van der Waals surface area contributed by atoms with Crippen molar-refractivity contribution in [2.45, 2.75) is 20.8 Å². The first kappa shape index (κ1) is 16.1. The molecule has 4 rings (SSSR count). The Hall–Kier alpha value is -2.81. The van der Waals surface area contributed by atoms with Crippen LogP contribution in [0, 0.1) is 5.92 Å². The van der Waals surface area contributed by atoms with Gasteiger partial charge in [-0.1, -0.05) is 39.0 Å². The Morgan fingerprint density at radius 3 is 2.54 bits per heavy atom. The van der Waals surface area contributed by atoms with Gasteiger partial charge in [0.15, 0.2) is 0 Å². The van der Waals surface area contributed by atoms with Gasteiger partial charge in [0.1, 0.15) is 5.82 Å². The summed E-state index contributed by atoms with van der Waals surface area (Å²) in [7, 11) is 0. The molecule has 0 radical (unpaired) electrons. The quantitative estimate of drug-likeness (QED) is 0.436. The lowest BCUT2D eigenvalue weighted by molar-refractivity contribution is 0.737. The molecule has 126 valence electrons. The second kappa shape index (κ2) is 7.18. The van der Waals surface area contributed by atoms with Crippen molar-refractivity contribution < 1.29 is 2.85 Å². The molecule has 0 bridgehead atoms. The zero-order chi connectivity index (χ0) is 16.9. The lowest BCUT2D eigenvalue weighted by atomic mass is 10.2. The average molecular weight is 321 g/mol. The zero-order valence-electron chi connectivity index (χ0n) is 14.4. The molecule has 4 aromatic rings. The Labute approximate surface area is 145 Å². The predicted octanol–water partition coefficient (Wildman–Crippen LogP) is 6.61. The normalized spacial score (nSPS) is 10.7. The van der Waals surface area contributed by atoms with E-state index in [-0.39, 0.29) is 2.85 Å². The van der Waals surface area contributed by atoms with E-state index in [1.807, 2.05) is 30.5 Å². The first-order chi connectivity index (χ1) is 11.6. The summed E-state index contributed by atoms with van der Waals surface area (Å²) in [6.07, 6.45) is 1.95. The lowest BCUT2D eigenvalue weighted by Gasteiger charge is -2.07. The van der Waals surface area contributed by atoms with Crippen molar-refractivity contribution in [3.63, 3.8) is 0 Å². The molecule has 0 amide bonds. The van der Waals surface area contributed by atoms with Crippen LogP contribution in [0.4, 0.5) is 11.5 Å². The van der Waals surface area contributed by atoms with Crippen molar-refractivity contribution in [3.8, 4) is 0 Å². The fraction of sp³-hybridized carbons (Fsp3) is 0.190. The molecule has 0 atom stereocenters. The molecule has 0 saturated carbocycles. The van der Waals surface area contributed by atoms with Crippen molar-refractivity contribution >= 4 is 33.3 Å². The standard InChI is InChI=1S/C17H13N3.C4H10.2H2/c1-2-4-16-12(3-1)5-8-17(20-16)19-14-6-7-15-13(11-14)9-10-18-15;1-4(2)3;;/h1-11,18H,(H,19,20);4H,1-3H3;2*1H. The minimum Gasteiger partial charge on any atom is -0.361 e. The van der Waals surface area contributed by atoms with Gasteiger partial charge in [-0.15, -0.1) is 0 Å². The van der Waals surface area contributed by atoms with Crippen LogP contribution in [0.5, 0.6) is 0 Å². The number of aromatic nitrogens is 2. The summed E-state index contributed by atoms with van der Waals surface area (Å²) in [4.78, 5) is 7.81. The highest BCUT2D eigenvalue weighted by molar-refractivity contribution is 5.85. The highest BCUT2D eigenvalue weighted by Crippen LogP contribution is 2.22. The Morgan fingerprint density at radius 2 is 1.71 bits per heavy atom. The Bertz CT molecular complexity index is 945. The molecule has 2 aromatic carbocycles. The number of anilines is 2. The van der Waals surface area contributed by atoms with E-state index in [4.69, 9.17) is 0 Å². The van der Waals surface area contributed by atoms with E-state index in [1.165, 1.54) is 5.39 Å². The van der Waals surface area contributed by atoms with Crippen LogP contribution >= 0.6 is 0 Å². The number of aromatic amines is 1. The maximum atomic E-state index is 4.62. The van der Waals surface area contributed by atoms with Gasteiger partial charge in [-0.3, -0.25) is 0 Å². The third-order valence-corrected chi connectivity index (χ3v) is 3.42. The number of nitrogens with one attached hydrogen (secondary N) is 2. The molecule has 2 aromatic heterocycles. The maximum absolute atomic E-state index is 4.62. The molecule has 0 fully saturated rings. The SMILES string of the molecule is CC(C)C.[HH].[HH].c1ccc2nc(Nc3ccc4[nH]ccc4c3)ccc2c1. The van der Waals surface area contributed by atoms with Gasteiger partial charge in [-0.25, -0.2) is 4.98 Å². The molecule has 0 aliphatic carbocycles. The van der Waals surface area contributed by atoms with E-state index in [0.717, 1.165) is 33.8 Å². The molecule has 24 heavy (non-hydrogen) atoms. The number of para-hydroxylation sites is 1. The van der Waals surface area contributed by atoms with Crippen molar-refractivity contribution in [2.24, 2.45) is 5.92 Å². The second-order valence-corrected chi connectivity index (χ2v) is 6.53. The lowest BCUT2D eigenvalue weighted by Crippen LogP contribution is -1.93. The van der Waals surface area contributed by atoms with Crippen LogP contribution < -0.4 is 5.32 Å². The first-order valence-electron chi connectivity index (χ1n) is 8.32. The average Bonchev–Trinajstić information content (AvgIpc) is 3.02. The first-order valence-corrected chi connectivity index (χ1v) is 8.32. The van der Waals surface area contributed by atoms with Crippen LogP contribution in [-0.2, 0) is 0 Å². The molecule has 2 heterocycles. The maximum Gasteiger partial charge on any atom is 0.131 e. The summed E-state index contributed by atoms with van der Waals surface area (Å²) in [5.41, 5.74) is 3.18. The summed E-state index contributed by atoms with van der Waals surface area (Å²) in [5, 5.41) is 5.70. The smallest absolute Gasteiger partial charge is 0.131 e. The topological polar surface area (TPSA) is 40.7 Å². The van der Waals surface area contributed by atoms with Gasteiger partial charge in [0, 0.05) is 31.0 Å². The third-order valence-electron chi connectivity index (χ3n) is 3.42. The second-order valence-electron chi connectivity index (χ2n) is 6.53. The van der Waals surface area contributed by atoms with Crippen LogP contribution in [0.25, 0.3) is 21.8 Å². The highest BCUT2D eigenvalue weighted by Gasteiger charge is 2.00. The molecule has 0 saturated heterocycles. The largest absolute Gasteiger partial charge is 0.361 e. The van der Waals surface area contributed by atoms with Crippen molar-refractivity contribution in [3.05, 3.63) is 66.9 Å². The molecule has 3 nitrogen and oxygen atoms in total. The number of rotatable bonds is 2. The number of pyridine rings is 1. The monoisotopic (exact) mass is 321 g/mol. The minimum absolute atomic E-state index is 0. The van der Waals surface area contributed by atoms with Crippen LogP contribution in [0.3, 0.4) is 0 Å². The van der Waals surface area contributed by atoms with E-state index >= 15 is 0 Å². The highest BCUT2D eigenvalue weighted by atomic mass is 15.0. The van der Waals surface area contributed by atoms with Gasteiger partial charge in [0.2, 0.25) is 0 Å². The molecular weight excluding hydrogens is 294 g/mol. The summed E-state index contributed by atoms with van der Waals surface area (Å²) in [6, 6.07) is 20.5. The molecule has 3 heteroatoms. The van der Waals surface area contributed by atoms with Crippen molar-refractivity contribution in [1.29, 1.82) is 0 Å². The Kier molecular flexibility index (Phi) is 4.80. The summed E-state index contributed by atoms with van der Waals surface area (Å²) < 4.78 is 0. The Morgan fingerprint density at radius 1 is 0.917 bits per heavy atom. The number of hydrogen-bond acceptors (Lipinski definition) is 2. The summed E-state index contributed by atoms with van der Waals surface area (Å²) in [6.45, 7) is 6.50. The summed E-state index contributed by atoms with van der Waals surface area (Å²) in [5.74, 6) is 1.69. The fourth-order valence-corrected chi connectivity index (χ4v) is 2.41. The van der Waals surface area contributed by atoms with Gasteiger partial charge >= 0.3 is 0 Å². The van der Waals surface area contributed by atoms with Crippen LogP contribution in [0.2, 0.25) is 0 Å². The van der Waals surface area contributed by atoms with Crippen LogP contribution in [-0.4, -0.2) is 9.97 Å². The van der Waals surface area contributed by atoms with E-state index < -0.39 is 0 Å². The van der Waals surface area contributed by atoms with Gasteiger partial charge in [0.05, 0.1) is 5.52 Å². The van der Waals surface area contributed by atoms with Gasteiger partial charge in [-0.05, 0) is 48.4 Å². The van der Waals surface area contributed by atoms with E-state index in [2.05, 4.69) is 72.5 Å².